The molecule has 2 heteroatoms. The number of unbranched alkanes of at least 4 members (excludes halogenated alkanes) is 8. The lowest BCUT2D eigenvalue weighted by Gasteiger charge is -2.14. The monoisotopic (exact) mass is 838 g/mol. The van der Waals surface area contributed by atoms with Crippen LogP contribution in [0.25, 0.3) is 48.6 Å². The van der Waals surface area contributed by atoms with E-state index in [1.807, 2.05) is 0 Å². The minimum atomic E-state index is 1.10. The van der Waals surface area contributed by atoms with E-state index in [0.29, 0.717) is 0 Å². The van der Waals surface area contributed by atoms with E-state index < -0.39 is 0 Å². The standard InChI is InChI=1S/C52H56Br2/c1-3-5-7-9-11-13-47-39-50(34-28-44-23-17-42(18-24-44)20-26-46-31-37-52(54)38-32-46)48(14-12-10-8-6-4-2)40-49(47)33-27-43-21-15-41(16-22-43)19-25-45-29-35-51(53)36-30-45/h15-40H,3-14H2,1-2H3/b25-19+,26-20+,33-27+,34-28+. The van der Waals surface area contributed by atoms with E-state index >= 15 is 0 Å². The highest BCUT2D eigenvalue weighted by Gasteiger charge is 2.09. The van der Waals surface area contributed by atoms with Crippen molar-refractivity contribution in [2.75, 3.05) is 0 Å². The predicted octanol–water partition coefficient (Wildman–Crippen LogP) is 16.9. The molecule has 0 bridgehead atoms. The molecule has 0 fully saturated rings. The van der Waals surface area contributed by atoms with E-state index in [0.717, 1.165) is 21.8 Å². The summed E-state index contributed by atoms with van der Waals surface area (Å²) in [6.07, 6.45) is 33.1. The van der Waals surface area contributed by atoms with Crippen LogP contribution in [0.1, 0.15) is 134 Å². The normalized spacial score (nSPS) is 11.9. The zero-order valence-corrected chi connectivity index (χ0v) is 35.4. The third-order valence-electron chi connectivity index (χ3n) is 9.96. The second-order valence-corrected chi connectivity index (χ2v) is 16.2. The summed E-state index contributed by atoms with van der Waals surface area (Å²) < 4.78 is 2.20. The van der Waals surface area contributed by atoms with Gasteiger partial charge in [0, 0.05) is 8.95 Å². The molecule has 0 aliphatic carbocycles. The van der Waals surface area contributed by atoms with Crippen molar-refractivity contribution in [3.8, 4) is 0 Å². The first-order valence-corrected chi connectivity index (χ1v) is 21.7. The zero-order chi connectivity index (χ0) is 37.8. The Kier molecular flexibility index (Phi) is 17.6. The van der Waals surface area contributed by atoms with Crippen molar-refractivity contribution in [1.29, 1.82) is 0 Å². The Morgan fingerprint density at radius 1 is 0.333 bits per heavy atom. The first-order valence-electron chi connectivity index (χ1n) is 20.1. The van der Waals surface area contributed by atoms with E-state index in [1.54, 1.807) is 0 Å². The van der Waals surface area contributed by atoms with Crippen LogP contribution < -0.4 is 0 Å². The second-order valence-electron chi connectivity index (χ2n) is 14.3. The van der Waals surface area contributed by atoms with Gasteiger partial charge in [-0.15, -0.1) is 0 Å². The molecule has 0 heterocycles. The lowest BCUT2D eigenvalue weighted by molar-refractivity contribution is 0.629. The minimum absolute atomic E-state index is 1.10. The van der Waals surface area contributed by atoms with Gasteiger partial charge in [-0.1, -0.05) is 231 Å². The van der Waals surface area contributed by atoms with Crippen molar-refractivity contribution in [3.05, 3.63) is 174 Å². The highest BCUT2D eigenvalue weighted by Crippen LogP contribution is 2.26. The smallest absolute Gasteiger partial charge is 0.0175 e. The Bertz CT molecular complexity index is 1810. The summed E-state index contributed by atoms with van der Waals surface area (Å²) in [5.74, 6) is 0. The molecule has 0 atom stereocenters. The molecule has 0 amide bonds. The third kappa shape index (κ3) is 14.3. The zero-order valence-electron chi connectivity index (χ0n) is 32.3. The molecule has 0 saturated carbocycles. The van der Waals surface area contributed by atoms with Crippen molar-refractivity contribution in [2.24, 2.45) is 0 Å². The van der Waals surface area contributed by atoms with E-state index in [-0.39, 0.29) is 0 Å². The lowest BCUT2D eigenvalue weighted by Crippen LogP contribution is -1.98. The number of rotatable bonds is 20. The molecular weight excluding hydrogens is 784 g/mol. The van der Waals surface area contributed by atoms with Crippen LogP contribution in [0.15, 0.2) is 118 Å². The van der Waals surface area contributed by atoms with E-state index in [4.69, 9.17) is 0 Å². The average Bonchev–Trinajstić information content (AvgIpc) is 3.20. The molecule has 278 valence electrons. The molecule has 5 rings (SSSR count). The molecule has 0 N–H and O–H groups in total. The predicted molar refractivity (Wildman–Crippen MR) is 248 cm³/mol. The average molecular weight is 841 g/mol. The van der Waals surface area contributed by atoms with Gasteiger partial charge in [0.25, 0.3) is 0 Å². The maximum absolute atomic E-state index is 3.53. The highest BCUT2D eigenvalue weighted by atomic mass is 79.9. The van der Waals surface area contributed by atoms with E-state index in [9.17, 15) is 0 Å². The number of hydrogen-bond donors (Lipinski definition) is 0. The van der Waals surface area contributed by atoms with Crippen molar-refractivity contribution < 1.29 is 0 Å². The van der Waals surface area contributed by atoms with Crippen LogP contribution in [0.5, 0.6) is 0 Å². The first-order chi connectivity index (χ1) is 26.5. The van der Waals surface area contributed by atoms with Gasteiger partial charge in [-0.05, 0) is 106 Å². The van der Waals surface area contributed by atoms with Crippen LogP contribution in [0.4, 0.5) is 0 Å². The number of hydrogen-bond acceptors (Lipinski definition) is 0. The number of halogens is 2. The summed E-state index contributed by atoms with van der Waals surface area (Å²) in [5, 5.41) is 0. The van der Waals surface area contributed by atoms with Crippen molar-refractivity contribution in [2.45, 2.75) is 90.9 Å². The van der Waals surface area contributed by atoms with Crippen LogP contribution in [-0.4, -0.2) is 0 Å². The molecule has 54 heavy (non-hydrogen) atoms. The van der Waals surface area contributed by atoms with E-state index in [1.165, 1.54) is 120 Å². The van der Waals surface area contributed by atoms with Gasteiger partial charge in [0.1, 0.15) is 0 Å². The molecule has 0 spiro atoms. The summed E-state index contributed by atoms with van der Waals surface area (Å²) in [4.78, 5) is 0. The largest absolute Gasteiger partial charge is 0.0654 e. The molecule has 0 nitrogen and oxygen atoms in total. The number of aryl methyl sites for hydroxylation is 2. The topological polar surface area (TPSA) is 0 Å². The van der Waals surface area contributed by atoms with Gasteiger partial charge in [-0.2, -0.15) is 0 Å². The maximum Gasteiger partial charge on any atom is 0.0175 e. The van der Waals surface area contributed by atoms with Gasteiger partial charge < -0.3 is 0 Å². The van der Waals surface area contributed by atoms with Gasteiger partial charge in [0.15, 0.2) is 0 Å². The summed E-state index contributed by atoms with van der Waals surface area (Å²) in [6.45, 7) is 4.59. The quantitative estimate of drug-likeness (QED) is 0.0541. The van der Waals surface area contributed by atoms with E-state index in [2.05, 4.69) is 204 Å². The Balaban J connectivity index is 1.37. The Hall–Kier alpha value is -3.98. The highest BCUT2D eigenvalue weighted by molar-refractivity contribution is 9.10. The van der Waals surface area contributed by atoms with Crippen molar-refractivity contribution in [3.63, 3.8) is 0 Å². The molecule has 0 unspecified atom stereocenters. The summed E-state index contributed by atoms with van der Waals surface area (Å²) >= 11 is 7.05. The van der Waals surface area contributed by atoms with Crippen LogP contribution in [0.3, 0.4) is 0 Å². The summed E-state index contributed by atoms with van der Waals surface area (Å²) in [7, 11) is 0. The molecule has 0 radical (unpaired) electrons. The third-order valence-corrected chi connectivity index (χ3v) is 11.0. The Morgan fingerprint density at radius 3 is 0.889 bits per heavy atom. The summed E-state index contributed by atoms with van der Waals surface area (Å²) in [6, 6.07) is 39.6. The van der Waals surface area contributed by atoms with Gasteiger partial charge in [-0.25, -0.2) is 0 Å². The molecule has 5 aromatic rings. The lowest BCUT2D eigenvalue weighted by atomic mass is 9.91. The van der Waals surface area contributed by atoms with Crippen molar-refractivity contribution in [1.82, 2.24) is 0 Å². The van der Waals surface area contributed by atoms with Gasteiger partial charge in [0.05, 0.1) is 0 Å². The first kappa shape index (κ1) is 41.2. The van der Waals surface area contributed by atoms with Crippen LogP contribution in [0, 0.1) is 0 Å². The van der Waals surface area contributed by atoms with Crippen LogP contribution in [0.2, 0.25) is 0 Å². The van der Waals surface area contributed by atoms with Gasteiger partial charge in [0.2, 0.25) is 0 Å². The molecule has 0 aliphatic rings. The second kappa shape index (κ2) is 23.1. The maximum atomic E-state index is 3.53. The fourth-order valence-corrected chi connectivity index (χ4v) is 7.18. The molecule has 0 saturated heterocycles. The van der Waals surface area contributed by atoms with Crippen LogP contribution in [-0.2, 0) is 12.8 Å². The van der Waals surface area contributed by atoms with Gasteiger partial charge in [-0.3, -0.25) is 0 Å². The summed E-state index contributed by atoms with van der Waals surface area (Å²) in [5.41, 5.74) is 12.9. The molecule has 5 aromatic carbocycles. The minimum Gasteiger partial charge on any atom is -0.0654 e. The Morgan fingerprint density at radius 2 is 0.593 bits per heavy atom. The fraction of sp³-hybridized carbons (Fsp3) is 0.269. The SMILES string of the molecule is CCCCCCCc1cc(/C=C/c2ccc(/C=C/c3ccc(Br)cc3)cc2)c(CCCCCCC)cc1/C=C/c1ccc(/C=C/c2ccc(Br)cc2)cc1. The fourth-order valence-electron chi connectivity index (χ4n) is 6.65. The van der Waals surface area contributed by atoms with Crippen LogP contribution >= 0.6 is 31.9 Å². The molecular formula is C52H56Br2. The van der Waals surface area contributed by atoms with Crippen molar-refractivity contribution >= 4 is 80.5 Å². The molecule has 0 aromatic heterocycles. The van der Waals surface area contributed by atoms with Gasteiger partial charge >= 0.3 is 0 Å². The Labute approximate surface area is 343 Å². The molecule has 0 aliphatic heterocycles. The number of benzene rings is 5.